The van der Waals surface area contributed by atoms with Gasteiger partial charge < -0.3 is 54.4 Å². The van der Waals surface area contributed by atoms with E-state index in [1.807, 2.05) is 6.07 Å². The van der Waals surface area contributed by atoms with Crippen molar-refractivity contribution in [2.24, 2.45) is 21.8 Å². The lowest BCUT2D eigenvalue weighted by Gasteiger charge is -2.43. The van der Waals surface area contributed by atoms with Crippen LogP contribution in [0.3, 0.4) is 0 Å². The molecule has 1 amide bonds. The summed E-state index contributed by atoms with van der Waals surface area (Å²) in [6.07, 6.45) is -9.45. The number of hydrogen-bond donors (Lipinski definition) is 9. The van der Waals surface area contributed by atoms with Gasteiger partial charge in [-0.2, -0.15) is 4.99 Å². The molecular weight excluding hydrogens is 823 g/mol. The molecule has 2 saturated heterocycles. The fourth-order valence-electron chi connectivity index (χ4n) is 9.80. The third-order valence-corrected chi connectivity index (χ3v) is 12.9. The number of ether oxygens (including phenoxy) is 4. The highest BCUT2D eigenvalue weighted by Crippen LogP contribution is 2.53. The molecule has 19 heteroatoms. The molecule has 5 heterocycles. The third kappa shape index (κ3) is 7.38. The fraction of sp³-hybridized carbons (Fsp3) is 0.432. The van der Waals surface area contributed by atoms with E-state index in [2.05, 4.69) is 15.3 Å². The van der Waals surface area contributed by atoms with Crippen molar-refractivity contribution in [2.75, 3.05) is 26.5 Å². The van der Waals surface area contributed by atoms with E-state index in [1.54, 1.807) is 18.2 Å². The van der Waals surface area contributed by atoms with E-state index in [0.29, 0.717) is 40.8 Å². The van der Waals surface area contributed by atoms with E-state index in [4.69, 9.17) is 24.4 Å². The summed E-state index contributed by atoms with van der Waals surface area (Å²) in [6, 6.07) is 13.0. The van der Waals surface area contributed by atoms with E-state index in [1.165, 1.54) is 24.3 Å². The Hall–Kier alpha value is -5.61. The van der Waals surface area contributed by atoms with E-state index in [0.717, 1.165) is 0 Å². The topological polar surface area (TPSA) is 292 Å². The van der Waals surface area contributed by atoms with Crippen molar-refractivity contribution in [3.63, 3.8) is 0 Å². The number of carbonyl (C=O) groups excluding carboxylic acids is 4. The molecule has 0 spiro atoms. The summed E-state index contributed by atoms with van der Waals surface area (Å²) in [5.74, 6) is -4.52. The largest absolute Gasteiger partial charge is 0.486 e. The van der Waals surface area contributed by atoms with Gasteiger partial charge in [0.2, 0.25) is 18.0 Å². The highest BCUT2D eigenvalue weighted by molar-refractivity contribution is 6.68. The summed E-state index contributed by atoms with van der Waals surface area (Å²) in [5, 5.41) is 76.2. The Morgan fingerprint density at radius 2 is 1.78 bits per heavy atom. The Labute approximate surface area is 359 Å². The number of aliphatic hydroxyl groups is 6. The number of quaternary nitrogens is 1. The quantitative estimate of drug-likeness (QED) is 0.0847. The predicted molar refractivity (Wildman–Crippen MR) is 217 cm³/mol. The average Bonchev–Trinajstić information content (AvgIpc) is 3.59. The molecule has 1 aliphatic carbocycles. The minimum atomic E-state index is -1.89. The van der Waals surface area contributed by atoms with Crippen LogP contribution in [-0.2, 0) is 25.7 Å². The Balaban J connectivity index is 1.35. The molecule has 9 N–H and O–H groups in total. The van der Waals surface area contributed by atoms with Gasteiger partial charge >= 0.3 is 0 Å². The van der Waals surface area contributed by atoms with Crippen LogP contribution >= 0.6 is 0 Å². The Bertz CT molecular complexity index is 2460. The first-order chi connectivity index (χ1) is 30.4. The summed E-state index contributed by atoms with van der Waals surface area (Å²) >= 11 is 0. The van der Waals surface area contributed by atoms with Gasteiger partial charge in [-0.05, 0) is 60.9 Å². The first-order valence-corrected chi connectivity index (χ1v) is 20.8. The maximum absolute atomic E-state index is 14.8. The number of nitrogens with zero attached hydrogens (tertiary/aromatic N) is 2. The van der Waals surface area contributed by atoms with Crippen molar-refractivity contribution in [3.05, 3.63) is 87.5 Å². The molecule has 11 atom stereocenters. The molecule has 0 aromatic heterocycles. The van der Waals surface area contributed by atoms with Crippen LogP contribution in [-0.4, -0.2) is 141 Å². The van der Waals surface area contributed by atoms with Gasteiger partial charge in [-0.1, -0.05) is 24.3 Å². The molecule has 1 unspecified atom stereocenters. The number of aliphatic imine (C=N–C) groups is 2. The van der Waals surface area contributed by atoms with E-state index in [9.17, 15) is 49.8 Å². The van der Waals surface area contributed by atoms with Gasteiger partial charge in [0, 0.05) is 46.8 Å². The summed E-state index contributed by atoms with van der Waals surface area (Å²) in [7, 11) is 0. The van der Waals surface area contributed by atoms with Gasteiger partial charge in [-0.3, -0.25) is 25.1 Å². The van der Waals surface area contributed by atoms with Gasteiger partial charge in [0.25, 0.3) is 11.7 Å². The number of guanidine groups is 1. The van der Waals surface area contributed by atoms with Crippen molar-refractivity contribution in [2.45, 2.75) is 81.1 Å². The van der Waals surface area contributed by atoms with Gasteiger partial charge in [0.1, 0.15) is 43.0 Å². The Kier molecular flexibility index (Phi) is 11.6. The summed E-state index contributed by atoms with van der Waals surface area (Å²) in [5.41, 5.74) is 1.31. The molecule has 0 saturated carbocycles. The zero-order valence-electron chi connectivity index (χ0n) is 33.7. The molecule has 5 aliphatic heterocycles. The summed E-state index contributed by atoms with van der Waals surface area (Å²) in [6.45, 7) is -1.28. The van der Waals surface area contributed by atoms with Crippen molar-refractivity contribution in [1.82, 2.24) is 5.32 Å². The third-order valence-electron chi connectivity index (χ3n) is 12.9. The number of benzene rings is 3. The average molecular weight is 869 g/mol. The number of amides is 1. The second-order valence-electron chi connectivity index (χ2n) is 16.5. The molecule has 63 heavy (non-hydrogen) atoms. The van der Waals surface area contributed by atoms with Crippen molar-refractivity contribution in [3.8, 4) is 11.5 Å². The summed E-state index contributed by atoms with van der Waals surface area (Å²) < 4.78 is 25.9. The van der Waals surface area contributed by atoms with Gasteiger partial charge in [-0.15, -0.1) is 0 Å². The number of ketones is 2. The minimum absolute atomic E-state index is 0.0115. The number of rotatable bonds is 10. The highest BCUT2D eigenvalue weighted by Gasteiger charge is 2.52. The minimum Gasteiger partial charge on any atom is -0.486 e. The smallest absolute Gasteiger partial charge is 0.284 e. The van der Waals surface area contributed by atoms with Crippen LogP contribution in [0.25, 0.3) is 0 Å². The first kappa shape index (κ1) is 42.7. The zero-order valence-corrected chi connectivity index (χ0v) is 33.7. The van der Waals surface area contributed by atoms with Crippen LogP contribution < -0.4 is 19.7 Å². The van der Waals surface area contributed by atoms with E-state index < -0.39 is 85.4 Å². The number of aliphatic hydroxyl groups excluding tert-OH is 6. The first-order valence-electron chi connectivity index (χ1n) is 20.8. The molecule has 19 nitrogen and oxygen atoms in total. The number of fused-ring (bicyclic) bond motifs is 10. The maximum Gasteiger partial charge on any atom is 0.284 e. The van der Waals surface area contributed by atoms with E-state index in [-0.39, 0.29) is 95.5 Å². The van der Waals surface area contributed by atoms with Crippen molar-refractivity contribution in [1.29, 1.82) is 5.41 Å². The molecule has 2 fully saturated rings. The zero-order chi connectivity index (χ0) is 44.3. The Morgan fingerprint density at radius 3 is 2.56 bits per heavy atom. The molecule has 4 bridgehead atoms. The predicted octanol–water partition coefficient (Wildman–Crippen LogP) is -1.20. The molecule has 3 aromatic rings. The van der Waals surface area contributed by atoms with Gasteiger partial charge in [-0.25, -0.2) is 9.89 Å². The van der Waals surface area contributed by atoms with Crippen LogP contribution in [0.1, 0.15) is 80.1 Å². The highest BCUT2D eigenvalue weighted by atomic mass is 16.7. The lowest BCUT2D eigenvalue weighted by molar-refractivity contribution is -0.723. The molecule has 6 aliphatic rings. The summed E-state index contributed by atoms with van der Waals surface area (Å²) in [4.78, 5) is 63.5. The second kappa shape index (κ2) is 17.2. The number of aldehydes is 1. The number of amidine groups is 1. The Morgan fingerprint density at radius 1 is 0.968 bits per heavy atom. The van der Waals surface area contributed by atoms with Gasteiger partial charge in [0.05, 0.1) is 31.0 Å². The monoisotopic (exact) mass is 868 g/mol. The number of carbonyl (C=O) groups is 4. The molecular formula is C44H46N5O14+. The molecule has 330 valence electrons. The van der Waals surface area contributed by atoms with Crippen molar-refractivity contribution < 1.29 is 73.7 Å². The number of hydrogen-bond acceptors (Lipinski definition) is 16. The van der Waals surface area contributed by atoms with Crippen LogP contribution in [0.2, 0.25) is 0 Å². The SMILES string of the molecule is N=C1N=C2C(=NC[NH+]2c2ccccc2[C@@H]2c3cc4c(c(OC[C@H](O)CC=O)c3O[C@H]3O[C@H]([C@H](O)[C@@H](O)[C@@H]3O)[C@H]3CC[C@H](CCO)[C@H]2CO3)C(=O)c2cc(CO)ccc2C4=O)C(=O)N1. The maximum atomic E-state index is 14.8. The number of nitrogens with one attached hydrogen (secondary N) is 3. The number of para-hydroxylation sites is 1. The second-order valence-corrected chi connectivity index (χ2v) is 16.5. The molecule has 9 rings (SSSR count). The molecule has 0 radical (unpaired) electrons. The normalized spacial score (nSPS) is 30.3. The fourth-order valence-corrected chi connectivity index (χ4v) is 9.80. The standard InChI is InChI=1S/C44H45N5O14/c45-44-47-41-32(42(59)48-44)46-18-49(41)28-4-2-1-3-23(28)30-26-14-25-31(34(55)24-13-19(15-52)5-7-22(24)33(25)54)40(61-16-21(53)10-12-51)38(26)62-43-37(58)35(56)36(57)39(63-43)29-8-6-20(9-11-50)27(30)17-60-29/h1-5,7,12-14,20-21,27,29-30,35-37,39,43,50,52-53,56-58H,6,8-11,15-18H2,(H2,45,48,59)/p+1/t20-,21-,27-,29-,30-,35-,36-,37+,39+,43+/m1/s1. The van der Waals surface area contributed by atoms with Crippen LogP contribution in [0, 0.1) is 17.2 Å². The van der Waals surface area contributed by atoms with Crippen LogP contribution in [0.5, 0.6) is 11.5 Å². The molecule has 3 aromatic carbocycles. The lowest BCUT2D eigenvalue weighted by Crippen LogP contribution is -3.09. The lowest BCUT2D eigenvalue weighted by atomic mass is 9.70. The van der Waals surface area contributed by atoms with Crippen LogP contribution in [0.15, 0.2) is 58.5 Å². The van der Waals surface area contributed by atoms with Crippen molar-refractivity contribution >= 4 is 47.0 Å². The van der Waals surface area contributed by atoms with Crippen LogP contribution in [0.4, 0.5) is 5.69 Å². The van der Waals surface area contributed by atoms with Gasteiger partial charge in [0.15, 0.2) is 29.7 Å². The van der Waals surface area contributed by atoms with E-state index >= 15 is 0 Å².